The van der Waals surface area contributed by atoms with Crippen LogP contribution in [0.3, 0.4) is 0 Å². The SMILES string of the molecule is CN1[CH-]N(c2[c-]c(N3[CH-]N(C)c4ccccc43)ccc2)c2ccccc21.CN1[CH-]N(c2[c-]c(N3[CH-]N(C)c4ccccc43)ccc2)c2ccccc21.[Os+6]. The van der Waals surface area contributed by atoms with Crippen LogP contribution in [0.4, 0.5) is 68.2 Å². The molecule has 53 heavy (non-hydrogen) atoms. The van der Waals surface area contributed by atoms with Crippen LogP contribution in [0.5, 0.6) is 0 Å². The molecular weight excluding hydrogens is 831 g/mol. The van der Waals surface area contributed by atoms with Crippen LogP contribution in [0.2, 0.25) is 0 Å². The van der Waals surface area contributed by atoms with Crippen molar-refractivity contribution in [1.29, 1.82) is 0 Å². The first-order chi connectivity index (χ1) is 25.4. The summed E-state index contributed by atoms with van der Waals surface area (Å²) in [4.78, 5) is 17.3. The summed E-state index contributed by atoms with van der Waals surface area (Å²) in [5.41, 5.74) is 13.6. The molecule has 4 aliphatic rings. The van der Waals surface area contributed by atoms with Gasteiger partial charge in [0.2, 0.25) is 0 Å². The zero-order valence-electron chi connectivity index (χ0n) is 29.9. The first-order valence-corrected chi connectivity index (χ1v) is 17.3. The van der Waals surface area contributed by atoms with Gasteiger partial charge >= 0.3 is 19.8 Å². The Morgan fingerprint density at radius 3 is 0.736 bits per heavy atom. The topological polar surface area (TPSA) is 25.9 Å². The molecule has 0 saturated carbocycles. The van der Waals surface area contributed by atoms with Crippen molar-refractivity contribution in [3.63, 3.8) is 0 Å². The standard InChI is InChI=1S/2C22H19N4.Os/c2*1-23-15-25(21-12-5-3-10-19(21)23)17-8-7-9-18(14-17)26-16-24(2)20-11-4-6-13-22(20)26;/h2*3-13,15-16H,1-2H3;/q2*-3;+6. The first-order valence-electron chi connectivity index (χ1n) is 17.3. The number of hydrogen-bond donors (Lipinski definition) is 0. The van der Waals surface area contributed by atoms with E-state index in [0.717, 1.165) is 22.7 Å². The Balaban J connectivity index is 0.000000148. The van der Waals surface area contributed by atoms with Crippen LogP contribution >= 0.6 is 0 Å². The van der Waals surface area contributed by atoms with Crippen molar-refractivity contribution in [2.24, 2.45) is 0 Å². The molecule has 0 radical (unpaired) electrons. The maximum Gasteiger partial charge on any atom is 6.00 e. The number of nitrogens with zero attached hydrogens (tertiary/aromatic N) is 8. The number of fused-ring (bicyclic) bond motifs is 4. The van der Waals surface area contributed by atoms with Crippen LogP contribution < -0.4 is 39.2 Å². The predicted molar refractivity (Wildman–Crippen MR) is 216 cm³/mol. The van der Waals surface area contributed by atoms with E-state index in [1.54, 1.807) is 0 Å². The molecular formula is C44H38N8Os. The van der Waals surface area contributed by atoms with Gasteiger partial charge in [-0.1, -0.05) is 48.5 Å². The average molecular weight is 869 g/mol. The molecule has 0 spiro atoms. The second-order valence-electron chi connectivity index (χ2n) is 13.2. The fourth-order valence-corrected chi connectivity index (χ4v) is 7.27. The van der Waals surface area contributed by atoms with E-state index < -0.39 is 0 Å². The fraction of sp³-hybridized carbons (Fsp3) is 0.0909. The summed E-state index contributed by atoms with van der Waals surface area (Å²) in [5.74, 6) is 0. The van der Waals surface area contributed by atoms with Crippen LogP contribution in [-0.2, 0) is 19.8 Å². The van der Waals surface area contributed by atoms with Gasteiger partial charge in [-0.25, -0.2) is 0 Å². The molecule has 4 aliphatic heterocycles. The van der Waals surface area contributed by atoms with Gasteiger partial charge in [0.05, 0.1) is 0 Å². The van der Waals surface area contributed by atoms with E-state index in [9.17, 15) is 0 Å². The summed E-state index contributed by atoms with van der Waals surface area (Å²) in [6.07, 6.45) is 0. The Morgan fingerprint density at radius 2 is 0.509 bits per heavy atom. The molecule has 0 unspecified atom stereocenters. The van der Waals surface area contributed by atoms with E-state index in [1.807, 2.05) is 0 Å². The zero-order chi connectivity index (χ0) is 35.3. The third-order valence-electron chi connectivity index (χ3n) is 9.81. The second-order valence-corrected chi connectivity index (χ2v) is 13.2. The number of benzene rings is 6. The van der Waals surface area contributed by atoms with Gasteiger partial charge in [0.15, 0.2) is 0 Å². The Morgan fingerprint density at radius 1 is 0.302 bits per heavy atom. The largest absolute Gasteiger partial charge is 6.00 e. The molecule has 8 nitrogen and oxygen atoms in total. The second kappa shape index (κ2) is 14.1. The molecule has 0 fully saturated rings. The summed E-state index contributed by atoms with van der Waals surface area (Å²) < 4.78 is 0. The van der Waals surface area contributed by atoms with E-state index >= 15 is 0 Å². The predicted octanol–water partition coefficient (Wildman–Crippen LogP) is 9.80. The Labute approximate surface area is 326 Å². The van der Waals surface area contributed by atoms with Crippen molar-refractivity contribution < 1.29 is 19.8 Å². The van der Waals surface area contributed by atoms with Crippen LogP contribution in [0.15, 0.2) is 133 Å². The van der Waals surface area contributed by atoms with Crippen molar-refractivity contribution in [2.45, 2.75) is 0 Å². The van der Waals surface area contributed by atoms with Gasteiger partial charge in [0, 0.05) is 45.5 Å². The van der Waals surface area contributed by atoms with E-state index in [4.69, 9.17) is 0 Å². The van der Waals surface area contributed by atoms with Crippen molar-refractivity contribution in [1.82, 2.24) is 0 Å². The maximum atomic E-state index is 3.59. The van der Waals surface area contributed by atoms with Gasteiger partial charge in [0.1, 0.15) is 0 Å². The van der Waals surface area contributed by atoms with Gasteiger partial charge in [-0.15, -0.1) is 59.1 Å². The molecule has 6 aromatic carbocycles. The van der Waals surface area contributed by atoms with Crippen LogP contribution in [0, 0.1) is 38.8 Å². The van der Waals surface area contributed by atoms with E-state index in [-0.39, 0.29) is 19.8 Å². The molecule has 0 aliphatic carbocycles. The Bertz CT molecular complexity index is 1950. The third kappa shape index (κ3) is 6.09. The fourth-order valence-electron chi connectivity index (χ4n) is 7.27. The first kappa shape index (κ1) is 34.4. The van der Waals surface area contributed by atoms with E-state index in [1.165, 1.54) is 45.5 Å². The van der Waals surface area contributed by atoms with Gasteiger partial charge < -0.3 is 39.2 Å². The molecule has 0 bridgehead atoms. The van der Waals surface area contributed by atoms with Gasteiger partial charge in [0.25, 0.3) is 0 Å². The minimum atomic E-state index is 0. The summed E-state index contributed by atoms with van der Waals surface area (Å²) >= 11 is 0. The summed E-state index contributed by atoms with van der Waals surface area (Å²) in [6.45, 7) is 8.42. The van der Waals surface area contributed by atoms with Gasteiger partial charge in [-0.05, 0) is 76.7 Å². The number of hydrogen-bond acceptors (Lipinski definition) is 8. The number of rotatable bonds is 4. The van der Waals surface area contributed by atoms with Crippen LogP contribution in [0.25, 0.3) is 0 Å². The number of para-hydroxylation sites is 8. The van der Waals surface area contributed by atoms with Crippen molar-refractivity contribution >= 4 is 68.2 Å². The molecule has 0 amide bonds. The monoisotopic (exact) mass is 870 g/mol. The quantitative estimate of drug-likeness (QED) is 0.162. The summed E-state index contributed by atoms with van der Waals surface area (Å²) in [5, 5.41) is 0. The molecule has 0 N–H and O–H groups in total. The van der Waals surface area contributed by atoms with Gasteiger partial charge in [-0.2, -0.15) is 38.8 Å². The maximum absolute atomic E-state index is 3.59. The van der Waals surface area contributed by atoms with Crippen molar-refractivity contribution in [3.05, 3.63) is 172 Å². The van der Waals surface area contributed by atoms with Crippen LogP contribution in [0.1, 0.15) is 0 Å². The molecule has 0 atom stereocenters. The average Bonchev–Trinajstić information content (AvgIpc) is 3.93. The van der Waals surface area contributed by atoms with Crippen molar-refractivity contribution in [3.8, 4) is 0 Å². The molecule has 0 saturated heterocycles. The molecule has 262 valence electrons. The Kier molecular flexibility index (Phi) is 9.14. The molecule has 0 aromatic heterocycles. The molecule has 4 heterocycles. The Hall–Kier alpha value is -5.64. The van der Waals surface area contributed by atoms with Gasteiger partial charge in [-0.3, -0.25) is 0 Å². The zero-order valence-corrected chi connectivity index (χ0v) is 32.5. The number of anilines is 12. The molecule has 9 heteroatoms. The summed E-state index contributed by atoms with van der Waals surface area (Å²) in [6, 6.07) is 53.4. The summed E-state index contributed by atoms with van der Waals surface area (Å²) in [7, 11) is 8.29. The van der Waals surface area contributed by atoms with E-state index in [0.29, 0.717) is 0 Å². The van der Waals surface area contributed by atoms with E-state index in [2.05, 4.69) is 240 Å². The smallest absolute Gasteiger partial charge is 0.504 e. The van der Waals surface area contributed by atoms with Crippen LogP contribution in [-0.4, -0.2) is 28.2 Å². The third-order valence-corrected chi connectivity index (χ3v) is 9.81. The normalized spacial score (nSPS) is 15.2. The molecule has 10 rings (SSSR count). The van der Waals surface area contributed by atoms with Crippen molar-refractivity contribution in [2.75, 3.05) is 67.4 Å². The minimum absolute atomic E-state index is 0. The minimum Gasteiger partial charge on any atom is -0.504 e. The molecule has 6 aromatic rings.